The molecule has 7 nitrogen and oxygen atoms in total. The Morgan fingerprint density at radius 3 is 2.71 bits per heavy atom. The van der Waals surface area contributed by atoms with Gasteiger partial charge in [-0.3, -0.25) is 5.10 Å². The lowest BCUT2D eigenvalue weighted by Gasteiger charge is -2.38. The smallest absolute Gasteiger partial charge is 0.232 e. The van der Waals surface area contributed by atoms with Gasteiger partial charge in [0, 0.05) is 12.3 Å². The van der Waals surface area contributed by atoms with Crippen LogP contribution in [0.25, 0.3) is 0 Å². The molecule has 0 aromatic carbocycles. The second-order valence-electron chi connectivity index (χ2n) is 3.72. The predicted molar refractivity (Wildman–Crippen MR) is 59.5 cm³/mol. The molecule has 17 heavy (non-hydrogen) atoms. The standard InChI is InChI=1S/C9H14N2O5S/c12-3-4-6(13)7(14)8(9(15)17-4)16-5-1-2-10-11-5/h1-2,4,6-9,12-15H,3H2,(H,10,11)/t4-,6-,7+,8-,9-/m1/s1. The highest BCUT2D eigenvalue weighted by molar-refractivity contribution is 8.00. The molecule has 2 heterocycles. The van der Waals surface area contributed by atoms with Gasteiger partial charge in [0.1, 0.15) is 11.5 Å². The van der Waals surface area contributed by atoms with Crippen LogP contribution in [0.5, 0.6) is 5.88 Å². The first kappa shape index (κ1) is 12.7. The van der Waals surface area contributed by atoms with Gasteiger partial charge in [-0.1, -0.05) is 0 Å². The topological polar surface area (TPSA) is 119 Å². The molecule has 0 unspecified atom stereocenters. The van der Waals surface area contributed by atoms with E-state index in [2.05, 4.69) is 10.2 Å². The van der Waals surface area contributed by atoms with Crippen LogP contribution in [0.3, 0.4) is 0 Å². The third-order valence-corrected chi connectivity index (χ3v) is 3.90. The zero-order valence-electron chi connectivity index (χ0n) is 8.80. The van der Waals surface area contributed by atoms with Crippen LogP contribution in [-0.2, 0) is 0 Å². The first-order valence-corrected chi connectivity index (χ1v) is 6.04. The molecule has 0 bridgehead atoms. The lowest BCUT2D eigenvalue weighted by molar-refractivity contribution is -0.0862. The number of aliphatic hydroxyl groups is 4. The molecule has 0 aliphatic carbocycles. The van der Waals surface area contributed by atoms with Crippen LogP contribution in [0.15, 0.2) is 12.3 Å². The van der Waals surface area contributed by atoms with E-state index in [1.54, 1.807) is 0 Å². The van der Waals surface area contributed by atoms with Crippen molar-refractivity contribution in [3.05, 3.63) is 12.3 Å². The molecule has 1 aliphatic heterocycles. The Kier molecular flexibility index (Phi) is 3.89. The van der Waals surface area contributed by atoms with Crippen molar-refractivity contribution in [2.24, 2.45) is 0 Å². The van der Waals surface area contributed by atoms with Gasteiger partial charge in [0.25, 0.3) is 0 Å². The van der Waals surface area contributed by atoms with E-state index in [9.17, 15) is 15.3 Å². The minimum absolute atomic E-state index is 0.225. The summed E-state index contributed by atoms with van der Waals surface area (Å²) in [5.74, 6) is 0.225. The molecule has 1 aromatic heterocycles. The molecule has 5 atom stereocenters. The number of aromatic nitrogens is 2. The van der Waals surface area contributed by atoms with Gasteiger partial charge in [0.15, 0.2) is 6.10 Å². The predicted octanol–water partition coefficient (Wildman–Crippen LogP) is -1.70. The van der Waals surface area contributed by atoms with E-state index in [1.165, 1.54) is 12.3 Å². The lowest BCUT2D eigenvalue weighted by atomic mass is 10.0. The Hall–Kier alpha value is -0.800. The molecule has 1 saturated heterocycles. The summed E-state index contributed by atoms with van der Waals surface area (Å²) in [5.41, 5.74) is -1.04. The highest BCUT2D eigenvalue weighted by Gasteiger charge is 2.44. The van der Waals surface area contributed by atoms with Gasteiger partial charge in [0.05, 0.1) is 18.0 Å². The molecule has 96 valence electrons. The summed E-state index contributed by atoms with van der Waals surface area (Å²) in [6.07, 6.45) is -1.88. The first-order chi connectivity index (χ1) is 8.13. The molecule has 0 amide bonds. The second kappa shape index (κ2) is 5.23. The normalized spacial score (nSPS) is 38.0. The molecular weight excluding hydrogens is 248 g/mol. The molecule has 0 spiro atoms. The quantitative estimate of drug-likeness (QED) is 0.441. The van der Waals surface area contributed by atoms with Crippen molar-refractivity contribution >= 4 is 11.8 Å². The van der Waals surface area contributed by atoms with Crippen LogP contribution in [0, 0.1) is 0 Å². The van der Waals surface area contributed by atoms with Gasteiger partial charge in [-0.2, -0.15) is 0 Å². The van der Waals surface area contributed by atoms with Crippen molar-refractivity contribution in [2.75, 3.05) is 6.61 Å². The number of ether oxygens (including phenoxy) is 1. The van der Waals surface area contributed by atoms with Crippen molar-refractivity contribution in [1.29, 1.82) is 0 Å². The maximum atomic E-state index is 9.81. The Morgan fingerprint density at radius 1 is 1.35 bits per heavy atom. The van der Waals surface area contributed by atoms with Gasteiger partial charge in [-0.25, -0.2) is 0 Å². The van der Waals surface area contributed by atoms with E-state index in [4.69, 9.17) is 9.84 Å². The number of nitrogens with zero attached hydrogens (tertiary/aromatic N) is 1. The molecule has 1 aliphatic rings. The Morgan fingerprint density at radius 2 is 2.12 bits per heavy atom. The lowest BCUT2D eigenvalue weighted by Crippen LogP contribution is -2.56. The molecule has 0 saturated carbocycles. The maximum Gasteiger partial charge on any atom is 0.232 e. The van der Waals surface area contributed by atoms with Crippen molar-refractivity contribution in [2.45, 2.75) is 29.0 Å². The van der Waals surface area contributed by atoms with Crippen LogP contribution in [0.4, 0.5) is 0 Å². The minimum atomic E-state index is -1.28. The van der Waals surface area contributed by atoms with Crippen molar-refractivity contribution in [1.82, 2.24) is 10.2 Å². The Bertz CT molecular complexity index is 349. The van der Waals surface area contributed by atoms with Crippen molar-refractivity contribution < 1.29 is 25.2 Å². The highest BCUT2D eigenvalue weighted by Crippen LogP contribution is 2.33. The zero-order chi connectivity index (χ0) is 12.4. The number of aromatic amines is 1. The Labute approximate surface area is 101 Å². The largest absolute Gasteiger partial charge is 0.467 e. The number of rotatable bonds is 3. The number of thioether (sulfide) groups is 1. The molecule has 2 rings (SSSR count). The highest BCUT2D eigenvalue weighted by atomic mass is 32.2. The summed E-state index contributed by atoms with van der Waals surface area (Å²) >= 11 is 0.961. The maximum absolute atomic E-state index is 9.81. The van der Waals surface area contributed by atoms with E-state index < -0.39 is 29.0 Å². The third-order valence-electron chi connectivity index (χ3n) is 2.57. The van der Waals surface area contributed by atoms with Gasteiger partial charge in [-0.05, 0) is 0 Å². The van der Waals surface area contributed by atoms with Crippen LogP contribution in [0.1, 0.15) is 0 Å². The summed E-state index contributed by atoms with van der Waals surface area (Å²) in [5, 5.41) is 43.9. The fraction of sp³-hybridized carbons (Fsp3) is 0.667. The molecule has 1 fully saturated rings. The minimum Gasteiger partial charge on any atom is -0.467 e. The average molecular weight is 262 g/mol. The van der Waals surface area contributed by atoms with Crippen LogP contribution in [-0.4, -0.2) is 66.2 Å². The van der Waals surface area contributed by atoms with E-state index in [1.807, 2.05) is 0 Å². The van der Waals surface area contributed by atoms with Crippen LogP contribution < -0.4 is 4.74 Å². The SMILES string of the molecule is OC[C@H]1S[C@@H](O)[C@H](Oc2cc[nH]n2)[C@@H](O)[C@@H]1O. The average Bonchev–Trinajstić information content (AvgIpc) is 2.82. The summed E-state index contributed by atoms with van der Waals surface area (Å²) in [6, 6.07) is 1.54. The fourth-order valence-corrected chi connectivity index (χ4v) is 2.79. The van der Waals surface area contributed by atoms with Crippen LogP contribution in [0.2, 0.25) is 0 Å². The summed E-state index contributed by atoms with van der Waals surface area (Å²) in [6.45, 7) is -0.324. The number of H-pyrrole nitrogens is 1. The Balaban J connectivity index is 2.06. The fourth-order valence-electron chi connectivity index (χ4n) is 1.65. The monoisotopic (exact) mass is 262 g/mol. The van der Waals surface area contributed by atoms with E-state index in [0.29, 0.717) is 0 Å². The van der Waals surface area contributed by atoms with E-state index in [-0.39, 0.29) is 12.5 Å². The summed E-state index contributed by atoms with van der Waals surface area (Å²) in [7, 11) is 0. The molecule has 0 radical (unpaired) electrons. The van der Waals surface area contributed by atoms with Crippen molar-refractivity contribution in [3.8, 4) is 5.88 Å². The van der Waals surface area contributed by atoms with Gasteiger partial charge < -0.3 is 25.2 Å². The zero-order valence-corrected chi connectivity index (χ0v) is 9.62. The molecule has 1 aromatic rings. The molecular formula is C9H14N2O5S. The van der Waals surface area contributed by atoms with Gasteiger partial charge in [0.2, 0.25) is 5.88 Å². The molecule has 5 N–H and O–H groups in total. The van der Waals surface area contributed by atoms with Crippen LogP contribution >= 0.6 is 11.8 Å². The number of hydrogen-bond acceptors (Lipinski definition) is 7. The number of nitrogens with one attached hydrogen (secondary N) is 1. The number of aliphatic hydroxyl groups excluding tert-OH is 4. The summed E-state index contributed by atoms with van der Waals surface area (Å²) in [4.78, 5) is 0. The second-order valence-corrected chi connectivity index (χ2v) is 5.08. The van der Waals surface area contributed by atoms with E-state index in [0.717, 1.165) is 11.8 Å². The number of hydrogen-bond donors (Lipinski definition) is 5. The summed E-state index contributed by atoms with van der Waals surface area (Å²) < 4.78 is 5.28. The van der Waals surface area contributed by atoms with Gasteiger partial charge in [-0.15, -0.1) is 16.9 Å². The first-order valence-electron chi connectivity index (χ1n) is 5.10. The third kappa shape index (κ3) is 2.55. The van der Waals surface area contributed by atoms with Gasteiger partial charge >= 0.3 is 0 Å². The molecule has 8 heteroatoms. The van der Waals surface area contributed by atoms with Crippen molar-refractivity contribution in [3.63, 3.8) is 0 Å². The van der Waals surface area contributed by atoms with E-state index >= 15 is 0 Å².